The van der Waals surface area contributed by atoms with Crippen LogP contribution in [0.1, 0.15) is 49.1 Å². The Morgan fingerprint density at radius 1 is 0.964 bits per heavy atom. The van der Waals surface area contributed by atoms with Crippen LogP contribution in [0, 0.1) is 5.82 Å². The van der Waals surface area contributed by atoms with Crippen molar-refractivity contribution in [1.29, 1.82) is 0 Å². The molecule has 0 bridgehead atoms. The van der Waals surface area contributed by atoms with Crippen molar-refractivity contribution in [2.45, 2.75) is 38.0 Å². The maximum atomic E-state index is 13.2. The molecule has 2 aliphatic rings. The van der Waals surface area contributed by atoms with E-state index in [2.05, 4.69) is 5.32 Å². The van der Waals surface area contributed by atoms with Gasteiger partial charge in [0.05, 0.1) is 6.61 Å². The number of allylic oxidation sites excluding steroid dienone is 2. The van der Waals surface area contributed by atoms with Gasteiger partial charge in [-0.3, -0.25) is 9.59 Å². The second-order valence-electron chi connectivity index (χ2n) is 7.28. The second kappa shape index (κ2) is 7.58. The molecule has 28 heavy (non-hydrogen) atoms. The van der Waals surface area contributed by atoms with Crippen molar-refractivity contribution >= 4 is 11.7 Å². The zero-order valence-electron chi connectivity index (χ0n) is 15.7. The highest BCUT2D eigenvalue weighted by Crippen LogP contribution is 2.42. The molecule has 1 amide bonds. The highest BCUT2D eigenvalue weighted by Gasteiger charge is 2.38. The topological polar surface area (TPSA) is 55.4 Å². The summed E-state index contributed by atoms with van der Waals surface area (Å²) in [5, 5.41) is 2.91. The molecule has 0 unspecified atom stereocenters. The monoisotopic (exact) mass is 379 g/mol. The van der Waals surface area contributed by atoms with Crippen molar-refractivity contribution in [2.75, 3.05) is 6.61 Å². The standard InChI is InChI=1S/C23H22FNO3/c1-2-28-18-9-5-15(6-10-18)19-13-22(27)25-20-11-16(12-21(26)23(19)20)14-3-7-17(24)8-4-14/h3-10,16,19H,2,11-13H2,1H3,(H,25,27)/t16-,19-/m1/s1. The molecule has 2 atom stereocenters. The highest BCUT2D eigenvalue weighted by atomic mass is 19.1. The minimum atomic E-state index is -0.299. The summed E-state index contributed by atoms with van der Waals surface area (Å²) in [6.07, 6.45) is 1.21. The summed E-state index contributed by atoms with van der Waals surface area (Å²) in [7, 11) is 0. The number of hydrogen-bond acceptors (Lipinski definition) is 3. The number of Topliss-reactive ketones (excluding diaryl/α,β-unsaturated/α-hetero) is 1. The van der Waals surface area contributed by atoms with E-state index >= 15 is 0 Å². The van der Waals surface area contributed by atoms with Crippen LogP contribution in [-0.4, -0.2) is 18.3 Å². The molecule has 1 aliphatic carbocycles. The third-order valence-corrected chi connectivity index (χ3v) is 5.47. The van der Waals surface area contributed by atoms with Gasteiger partial charge in [0.25, 0.3) is 0 Å². The quantitative estimate of drug-likeness (QED) is 0.865. The number of ether oxygens (including phenoxy) is 1. The Hall–Kier alpha value is -2.95. The third-order valence-electron chi connectivity index (χ3n) is 5.47. The molecule has 144 valence electrons. The van der Waals surface area contributed by atoms with E-state index in [4.69, 9.17) is 4.74 Å². The van der Waals surface area contributed by atoms with Crippen LogP contribution in [0.2, 0.25) is 0 Å². The van der Waals surface area contributed by atoms with Gasteiger partial charge in [0.15, 0.2) is 5.78 Å². The maximum absolute atomic E-state index is 13.2. The van der Waals surface area contributed by atoms with Crippen molar-refractivity contribution in [3.63, 3.8) is 0 Å². The largest absolute Gasteiger partial charge is 0.494 e. The van der Waals surface area contributed by atoms with Crippen molar-refractivity contribution in [3.8, 4) is 5.75 Å². The normalized spacial score (nSPS) is 21.9. The zero-order chi connectivity index (χ0) is 19.7. The maximum Gasteiger partial charge on any atom is 0.225 e. The second-order valence-corrected chi connectivity index (χ2v) is 7.28. The molecule has 4 nitrogen and oxygen atoms in total. The smallest absolute Gasteiger partial charge is 0.225 e. The number of amides is 1. The third kappa shape index (κ3) is 3.57. The first-order valence-corrected chi connectivity index (χ1v) is 9.59. The summed E-state index contributed by atoms with van der Waals surface area (Å²) < 4.78 is 18.7. The molecule has 0 saturated heterocycles. The number of hydrogen-bond donors (Lipinski definition) is 1. The fourth-order valence-corrected chi connectivity index (χ4v) is 4.18. The average Bonchev–Trinajstić information content (AvgIpc) is 2.68. The molecule has 0 aromatic heterocycles. The summed E-state index contributed by atoms with van der Waals surface area (Å²) in [6, 6.07) is 13.9. The van der Waals surface area contributed by atoms with Gasteiger partial charge in [-0.2, -0.15) is 0 Å². The number of ketones is 1. The van der Waals surface area contributed by atoms with Crippen LogP contribution in [0.5, 0.6) is 5.75 Å². The fourth-order valence-electron chi connectivity index (χ4n) is 4.18. The lowest BCUT2D eigenvalue weighted by Gasteiger charge is -2.34. The lowest BCUT2D eigenvalue weighted by molar-refractivity contribution is -0.122. The predicted octanol–water partition coefficient (Wildman–Crippen LogP) is 4.23. The van der Waals surface area contributed by atoms with Crippen LogP contribution < -0.4 is 10.1 Å². The molecule has 0 saturated carbocycles. The molecular formula is C23H22FNO3. The van der Waals surface area contributed by atoms with Gasteiger partial charge in [0.1, 0.15) is 11.6 Å². The predicted molar refractivity (Wildman–Crippen MR) is 104 cm³/mol. The Labute approximate surface area is 163 Å². The van der Waals surface area contributed by atoms with E-state index in [1.165, 1.54) is 12.1 Å². The van der Waals surface area contributed by atoms with Crippen LogP contribution in [-0.2, 0) is 9.59 Å². The summed E-state index contributed by atoms with van der Waals surface area (Å²) in [4.78, 5) is 25.4. The number of nitrogens with one attached hydrogen (secondary N) is 1. The molecule has 5 heteroatoms. The Morgan fingerprint density at radius 3 is 2.32 bits per heavy atom. The number of halogens is 1. The van der Waals surface area contributed by atoms with Crippen molar-refractivity contribution < 1.29 is 18.7 Å². The first-order valence-electron chi connectivity index (χ1n) is 9.59. The van der Waals surface area contributed by atoms with Crippen LogP contribution in [0.4, 0.5) is 4.39 Å². The highest BCUT2D eigenvalue weighted by molar-refractivity contribution is 6.02. The molecule has 1 aliphatic heterocycles. The van der Waals surface area contributed by atoms with Crippen molar-refractivity contribution in [3.05, 3.63) is 76.7 Å². The van der Waals surface area contributed by atoms with Crippen molar-refractivity contribution in [1.82, 2.24) is 5.32 Å². The lowest BCUT2D eigenvalue weighted by Crippen LogP contribution is -2.38. The number of benzene rings is 2. The van der Waals surface area contributed by atoms with Gasteiger partial charge in [-0.05, 0) is 54.7 Å². The molecular weight excluding hydrogens is 357 g/mol. The minimum absolute atomic E-state index is 0.0498. The summed E-state index contributed by atoms with van der Waals surface area (Å²) in [6.45, 7) is 2.51. The van der Waals surface area contributed by atoms with Crippen molar-refractivity contribution in [2.24, 2.45) is 0 Å². The Morgan fingerprint density at radius 2 is 1.64 bits per heavy atom. The van der Waals surface area contributed by atoms with E-state index in [9.17, 15) is 14.0 Å². The number of carbonyl (C=O) groups excluding carboxylic acids is 2. The van der Waals surface area contributed by atoms with E-state index in [-0.39, 0.29) is 35.8 Å². The van der Waals surface area contributed by atoms with E-state index in [0.717, 1.165) is 16.9 Å². The zero-order valence-corrected chi connectivity index (χ0v) is 15.7. The Kier molecular flexibility index (Phi) is 4.99. The molecule has 1 heterocycles. The van der Waals surface area contributed by atoms with E-state index in [0.29, 0.717) is 30.7 Å². The number of carbonyl (C=O) groups is 2. The summed E-state index contributed by atoms with van der Waals surface area (Å²) in [5.41, 5.74) is 3.28. The van der Waals surface area contributed by atoms with Gasteiger partial charge in [-0.1, -0.05) is 24.3 Å². The average molecular weight is 379 g/mol. The first-order chi connectivity index (χ1) is 13.5. The molecule has 4 rings (SSSR count). The molecule has 0 fully saturated rings. The molecule has 2 aromatic rings. The van der Waals surface area contributed by atoms with Crippen LogP contribution >= 0.6 is 0 Å². The van der Waals surface area contributed by atoms with Gasteiger partial charge in [0.2, 0.25) is 5.91 Å². The van der Waals surface area contributed by atoms with Crippen LogP contribution in [0.15, 0.2) is 59.8 Å². The SMILES string of the molecule is CCOc1ccc([C@H]2CC(=O)NC3=C2C(=O)C[C@H](c2ccc(F)cc2)C3)cc1. The Balaban J connectivity index is 1.65. The molecule has 0 spiro atoms. The first kappa shape index (κ1) is 18.4. The Bertz CT molecular complexity index is 931. The van der Waals surface area contributed by atoms with Gasteiger partial charge in [-0.15, -0.1) is 0 Å². The van der Waals surface area contributed by atoms with Gasteiger partial charge in [-0.25, -0.2) is 4.39 Å². The minimum Gasteiger partial charge on any atom is -0.494 e. The van der Waals surface area contributed by atoms with E-state index in [1.54, 1.807) is 12.1 Å². The number of rotatable bonds is 4. The van der Waals surface area contributed by atoms with Gasteiger partial charge < -0.3 is 10.1 Å². The molecule has 1 N–H and O–H groups in total. The summed E-state index contributed by atoms with van der Waals surface area (Å²) >= 11 is 0. The molecule has 2 aromatic carbocycles. The van der Waals surface area contributed by atoms with Gasteiger partial charge >= 0.3 is 0 Å². The van der Waals surface area contributed by atoms with Gasteiger partial charge in [0, 0.05) is 30.0 Å². The fraction of sp³-hybridized carbons (Fsp3) is 0.304. The van der Waals surface area contributed by atoms with Crippen LogP contribution in [0.3, 0.4) is 0 Å². The van der Waals surface area contributed by atoms with E-state index in [1.807, 2.05) is 31.2 Å². The molecule has 0 radical (unpaired) electrons. The van der Waals surface area contributed by atoms with E-state index < -0.39 is 0 Å². The lowest BCUT2D eigenvalue weighted by atomic mass is 9.73. The van der Waals surface area contributed by atoms with Crippen LogP contribution in [0.25, 0.3) is 0 Å². The summed E-state index contributed by atoms with van der Waals surface area (Å²) in [5.74, 6) is 0.159.